The van der Waals surface area contributed by atoms with Crippen molar-refractivity contribution < 1.29 is 23.1 Å². The van der Waals surface area contributed by atoms with Crippen molar-refractivity contribution >= 4 is 22.7 Å². The number of benzene rings is 1. The number of aromatic nitrogens is 2. The number of rotatable bonds is 2. The summed E-state index contributed by atoms with van der Waals surface area (Å²) in [4.78, 5) is 20.1. The number of carboxylic acids is 1. The van der Waals surface area contributed by atoms with Gasteiger partial charge in [-0.2, -0.15) is 13.2 Å². The highest BCUT2D eigenvalue weighted by Gasteiger charge is 2.36. The maximum atomic E-state index is 13.0. The summed E-state index contributed by atoms with van der Waals surface area (Å²) in [6.45, 7) is 0.621. The predicted molar refractivity (Wildman–Crippen MR) is 77.1 cm³/mol. The average Bonchev–Trinajstić information content (AvgIpc) is 2.53. The maximum Gasteiger partial charge on any atom is 0.451 e. The van der Waals surface area contributed by atoms with Gasteiger partial charge in [0, 0.05) is 18.5 Å². The fourth-order valence-corrected chi connectivity index (χ4v) is 2.80. The number of piperidine rings is 1. The molecule has 8 heteroatoms. The highest BCUT2D eigenvalue weighted by molar-refractivity contribution is 5.89. The molecule has 1 atom stereocenters. The number of alkyl halides is 3. The molecule has 2 heterocycles. The predicted octanol–water partition coefficient (Wildman–Crippen LogP) is 2.95. The van der Waals surface area contributed by atoms with Gasteiger partial charge in [-0.15, -0.1) is 0 Å². The lowest BCUT2D eigenvalue weighted by atomic mass is 9.98. The second-order valence-corrected chi connectivity index (χ2v) is 5.51. The third-order valence-electron chi connectivity index (χ3n) is 3.91. The van der Waals surface area contributed by atoms with Crippen LogP contribution >= 0.6 is 0 Å². The van der Waals surface area contributed by atoms with Crippen molar-refractivity contribution in [3.05, 3.63) is 30.1 Å². The SMILES string of the molecule is O=C(O)C1CCCN(c2nc(C(F)(F)F)nc3ccccc23)C1. The quantitative estimate of drug-likeness (QED) is 0.919. The Kier molecular flexibility index (Phi) is 3.83. The molecule has 122 valence electrons. The van der Waals surface area contributed by atoms with E-state index < -0.39 is 23.9 Å². The number of nitrogens with zero attached hydrogens (tertiary/aromatic N) is 3. The number of hydrogen-bond acceptors (Lipinski definition) is 4. The first-order valence-electron chi connectivity index (χ1n) is 7.18. The van der Waals surface area contributed by atoms with Gasteiger partial charge in [0.2, 0.25) is 5.82 Å². The van der Waals surface area contributed by atoms with Crippen LogP contribution in [0.4, 0.5) is 19.0 Å². The van der Waals surface area contributed by atoms with E-state index in [0.29, 0.717) is 24.8 Å². The molecule has 0 bridgehead atoms. The fraction of sp³-hybridized carbons (Fsp3) is 0.400. The maximum absolute atomic E-state index is 13.0. The van der Waals surface area contributed by atoms with Gasteiger partial charge in [0.25, 0.3) is 0 Å². The summed E-state index contributed by atoms with van der Waals surface area (Å²) in [7, 11) is 0. The highest BCUT2D eigenvalue weighted by Crippen LogP contribution is 2.33. The van der Waals surface area contributed by atoms with E-state index in [-0.39, 0.29) is 17.9 Å². The van der Waals surface area contributed by atoms with Crippen LogP contribution in [0.5, 0.6) is 0 Å². The molecule has 0 amide bonds. The lowest BCUT2D eigenvalue weighted by molar-refractivity contribution is -0.145. The van der Waals surface area contributed by atoms with Crippen molar-refractivity contribution in [2.75, 3.05) is 18.0 Å². The van der Waals surface area contributed by atoms with Gasteiger partial charge in [0.05, 0.1) is 11.4 Å². The van der Waals surface area contributed by atoms with Crippen LogP contribution in [0.1, 0.15) is 18.7 Å². The first-order chi connectivity index (χ1) is 10.9. The molecule has 0 saturated carbocycles. The third kappa shape index (κ3) is 3.06. The summed E-state index contributed by atoms with van der Waals surface area (Å²) in [5.41, 5.74) is 0.197. The number of para-hydroxylation sites is 1. The van der Waals surface area contributed by atoms with Crippen LogP contribution in [-0.2, 0) is 11.0 Å². The zero-order valence-corrected chi connectivity index (χ0v) is 12.0. The molecule has 1 aliphatic rings. The Labute approximate surface area is 129 Å². The number of aliphatic carboxylic acids is 1. The number of fused-ring (bicyclic) bond motifs is 1. The Morgan fingerprint density at radius 3 is 2.70 bits per heavy atom. The van der Waals surface area contributed by atoms with Gasteiger partial charge >= 0.3 is 12.1 Å². The fourth-order valence-electron chi connectivity index (χ4n) is 2.80. The molecule has 0 spiro atoms. The monoisotopic (exact) mass is 325 g/mol. The molecule has 2 aromatic rings. The topological polar surface area (TPSA) is 66.3 Å². The van der Waals surface area contributed by atoms with Crippen molar-refractivity contribution in [2.24, 2.45) is 5.92 Å². The number of halogens is 3. The van der Waals surface area contributed by atoms with Gasteiger partial charge < -0.3 is 10.0 Å². The number of hydrogen-bond donors (Lipinski definition) is 1. The molecule has 1 saturated heterocycles. The van der Waals surface area contributed by atoms with Gasteiger partial charge in [-0.25, -0.2) is 9.97 Å². The van der Waals surface area contributed by atoms with E-state index in [9.17, 15) is 18.0 Å². The van der Waals surface area contributed by atoms with Gasteiger partial charge in [0.1, 0.15) is 5.82 Å². The number of anilines is 1. The van der Waals surface area contributed by atoms with Crippen molar-refractivity contribution in [3.63, 3.8) is 0 Å². The first-order valence-corrected chi connectivity index (χ1v) is 7.18. The molecule has 1 N–H and O–H groups in total. The Balaban J connectivity index is 2.10. The summed E-state index contributed by atoms with van der Waals surface area (Å²) in [5, 5.41) is 9.65. The highest BCUT2D eigenvalue weighted by atomic mass is 19.4. The number of carbonyl (C=O) groups is 1. The van der Waals surface area contributed by atoms with E-state index in [0.717, 1.165) is 0 Å². The van der Waals surface area contributed by atoms with Gasteiger partial charge in [0.15, 0.2) is 0 Å². The molecule has 1 aromatic heterocycles. The summed E-state index contributed by atoms with van der Waals surface area (Å²) in [6, 6.07) is 6.44. The molecule has 23 heavy (non-hydrogen) atoms. The molecule has 5 nitrogen and oxygen atoms in total. The van der Waals surface area contributed by atoms with Crippen LogP contribution in [-0.4, -0.2) is 34.1 Å². The Morgan fingerprint density at radius 1 is 1.26 bits per heavy atom. The summed E-state index contributed by atoms with van der Waals surface area (Å²) in [5.74, 6) is -2.60. The van der Waals surface area contributed by atoms with Crippen LogP contribution in [0.3, 0.4) is 0 Å². The van der Waals surface area contributed by atoms with Gasteiger partial charge in [-0.3, -0.25) is 4.79 Å². The van der Waals surface area contributed by atoms with Crippen molar-refractivity contribution in [1.29, 1.82) is 0 Å². The van der Waals surface area contributed by atoms with Crippen LogP contribution < -0.4 is 4.90 Å². The molecular weight excluding hydrogens is 311 g/mol. The average molecular weight is 325 g/mol. The van der Waals surface area contributed by atoms with E-state index in [1.165, 1.54) is 6.07 Å². The van der Waals surface area contributed by atoms with E-state index in [1.807, 2.05) is 0 Å². The van der Waals surface area contributed by atoms with Gasteiger partial charge in [-0.1, -0.05) is 12.1 Å². The van der Waals surface area contributed by atoms with E-state index in [4.69, 9.17) is 5.11 Å². The zero-order valence-electron chi connectivity index (χ0n) is 12.0. The van der Waals surface area contributed by atoms with Crippen LogP contribution in [0, 0.1) is 5.92 Å². The second-order valence-electron chi connectivity index (χ2n) is 5.51. The van der Waals surface area contributed by atoms with E-state index >= 15 is 0 Å². The minimum atomic E-state index is -4.65. The van der Waals surface area contributed by atoms with E-state index in [2.05, 4.69) is 9.97 Å². The van der Waals surface area contributed by atoms with E-state index in [1.54, 1.807) is 23.1 Å². The Hall–Kier alpha value is -2.38. The standard InChI is InChI=1S/C15H14F3N3O2/c16-15(17,18)14-19-11-6-2-1-5-10(11)12(20-14)21-7-3-4-9(8-21)13(22)23/h1-2,5-6,9H,3-4,7-8H2,(H,22,23). The van der Waals surface area contributed by atoms with Crippen molar-refractivity contribution in [2.45, 2.75) is 19.0 Å². The van der Waals surface area contributed by atoms with Crippen molar-refractivity contribution in [3.8, 4) is 0 Å². The normalized spacial score (nSPS) is 19.1. The molecule has 3 rings (SSSR count). The largest absolute Gasteiger partial charge is 0.481 e. The summed E-state index contributed by atoms with van der Waals surface area (Å²) < 4.78 is 39.1. The minimum absolute atomic E-state index is 0.146. The molecule has 0 aliphatic carbocycles. The third-order valence-corrected chi connectivity index (χ3v) is 3.91. The molecule has 1 aromatic carbocycles. The minimum Gasteiger partial charge on any atom is -0.481 e. The zero-order chi connectivity index (χ0) is 16.6. The smallest absolute Gasteiger partial charge is 0.451 e. The van der Waals surface area contributed by atoms with Crippen molar-refractivity contribution in [1.82, 2.24) is 9.97 Å². The lowest BCUT2D eigenvalue weighted by Crippen LogP contribution is -2.39. The number of carboxylic acid groups (broad SMARTS) is 1. The van der Waals surface area contributed by atoms with Crippen LogP contribution in [0.15, 0.2) is 24.3 Å². The molecule has 1 unspecified atom stereocenters. The molecular formula is C15H14F3N3O2. The summed E-state index contributed by atoms with van der Waals surface area (Å²) in [6.07, 6.45) is -3.54. The van der Waals surface area contributed by atoms with Gasteiger partial charge in [-0.05, 0) is 25.0 Å². The molecule has 0 radical (unpaired) electrons. The van der Waals surface area contributed by atoms with Crippen LogP contribution in [0.25, 0.3) is 10.9 Å². The first kappa shape index (κ1) is 15.5. The summed E-state index contributed by atoms with van der Waals surface area (Å²) >= 11 is 0. The Bertz CT molecular complexity index is 748. The second kappa shape index (κ2) is 5.68. The van der Waals surface area contributed by atoms with Crippen LogP contribution in [0.2, 0.25) is 0 Å². The molecule has 1 aliphatic heterocycles. The Morgan fingerprint density at radius 2 is 2.00 bits per heavy atom. The molecule has 1 fully saturated rings. The lowest BCUT2D eigenvalue weighted by Gasteiger charge is -2.32.